The molecular weight excluding hydrogens is 1290 g/mol. The summed E-state index contributed by atoms with van der Waals surface area (Å²) in [4.78, 5) is 31.0. The summed E-state index contributed by atoms with van der Waals surface area (Å²) < 4.78 is 9.47. The Morgan fingerprint density at radius 3 is 1.10 bits per heavy atom. The molecule has 10 nitrogen and oxygen atoms in total. The van der Waals surface area contributed by atoms with Gasteiger partial charge in [0.2, 0.25) is 5.95 Å². The maximum Gasteiger partial charge on any atom is 0.238 e. The lowest BCUT2D eigenvalue weighted by Crippen LogP contribution is -2.10. The molecule has 6 aromatic heterocycles. The van der Waals surface area contributed by atoms with E-state index in [1.54, 1.807) is 0 Å². The average Bonchev–Trinajstić information content (AvgIpc) is 1.59. The SMILES string of the molecule is C1=CC(c2ccc3c(c2)c2ccc(-c4ccc5c6cc(-c7ccc8c(c7)c7ccccc7n8-c7ccccc7)ccc6n(-c6cccc(-c7nc(-c8ccccc8)nc(-c8ccccc8)n7)c6)c5c4)cc2n3-c2ccccc2)Cc2c1n(-c1nc(-c3ccccc3)nc(-c3ccccc3)n1)c1ccccc21. The van der Waals surface area contributed by atoms with Crippen LogP contribution < -0.4 is 0 Å². The third-order valence-electron chi connectivity index (χ3n) is 21.2. The van der Waals surface area contributed by atoms with E-state index in [0.29, 0.717) is 35.1 Å². The normalized spacial score (nSPS) is 12.9. The molecule has 0 saturated heterocycles. The Morgan fingerprint density at radius 2 is 0.585 bits per heavy atom. The van der Waals surface area contributed by atoms with Crippen LogP contribution >= 0.6 is 0 Å². The van der Waals surface area contributed by atoms with Crippen LogP contribution in [0.4, 0.5) is 0 Å². The number of rotatable bonds is 12. The van der Waals surface area contributed by atoms with Crippen molar-refractivity contribution in [1.82, 2.24) is 48.2 Å². The van der Waals surface area contributed by atoms with Crippen molar-refractivity contribution in [2.24, 2.45) is 0 Å². The quantitative estimate of drug-likeness (QED) is 0.121. The molecule has 0 saturated carbocycles. The molecule has 106 heavy (non-hydrogen) atoms. The van der Waals surface area contributed by atoms with Gasteiger partial charge >= 0.3 is 0 Å². The van der Waals surface area contributed by atoms with Crippen molar-refractivity contribution >= 4 is 82.4 Å². The fourth-order valence-corrected chi connectivity index (χ4v) is 16.2. The highest BCUT2D eigenvalue weighted by atomic mass is 15.2. The van der Waals surface area contributed by atoms with Gasteiger partial charge in [-0.05, 0) is 143 Å². The fraction of sp³-hybridized carbons (Fsp3) is 0.0208. The highest BCUT2D eigenvalue weighted by Gasteiger charge is 2.28. The summed E-state index contributed by atoms with van der Waals surface area (Å²) >= 11 is 0. The zero-order valence-electron chi connectivity index (χ0n) is 57.3. The van der Waals surface area contributed by atoms with E-state index < -0.39 is 0 Å². The van der Waals surface area contributed by atoms with Gasteiger partial charge in [0.25, 0.3) is 0 Å². The molecule has 1 aliphatic rings. The first-order valence-electron chi connectivity index (χ1n) is 36.0. The number of para-hydroxylation sites is 4. The molecule has 0 bridgehead atoms. The topological polar surface area (TPSA) is 97.1 Å². The summed E-state index contributed by atoms with van der Waals surface area (Å²) in [5, 5.41) is 8.30. The fourth-order valence-electron chi connectivity index (χ4n) is 16.2. The third-order valence-corrected chi connectivity index (χ3v) is 21.2. The predicted octanol–water partition coefficient (Wildman–Crippen LogP) is 23.3. The zero-order valence-corrected chi connectivity index (χ0v) is 57.3. The van der Waals surface area contributed by atoms with Crippen molar-refractivity contribution in [3.63, 3.8) is 0 Å². The number of benzene rings is 14. The predicted molar refractivity (Wildman–Crippen MR) is 433 cm³/mol. The lowest BCUT2D eigenvalue weighted by Gasteiger charge is -2.20. The van der Waals surface area contributed by atoms with Gasteiger partial charge in [0.1, 0.15) is 0 Å². The number of fused-ring (bicyclic) bond motifs is 12. The molecule has 1 unspecified atom stereocenters. The molecule has 0 aliphatic heterocycles. The summed E-state index contributed by atoms with van der Waals surface area (Å²) in [6.45, 7) is 0. The molecule has 1 atom stereocenters. The second-order valence-corrected chi connectivity index (χ2v) is 27.4. The van der Waals surface area contributed by atoms with Gasteiger partial charge in [-0.25, -0.2) is 19.9 Å². The van der Waals surface area contributed by atoms with Gasteiger partial charge in [0, 0.05) is 88.5 Å². The molecule has 0 radical (unpaired) electrons. The minimum Gasteiger partial charge on any atom is -0.309 e. The van der Waals surface area contributed by atoms with Crippen LogP contribution in [0.25, 0.3) is 185 Å². The summed E-state index contributed by atoms with van der Waals surface area (Å²) in [6.07, 6.45) is 5.47. The molecule has 21 rings (SSSR count). The first kappa shape index (κ1) is 60.5. The van der Waals surface area contributed by atoms with Gasteiger partial charge in [0.15, 0.2) is 29.1 Å². The van der Waals surface area contributed by atoms with Gasteiger partial charge in [-0.3, -0.25) is 4.57 Å². The molecule has 0 fully saturated rings. The van der Waals surface area contributed by atoms with E-state index in [1.807, 2.05) is 72.8 Å². The first-order valence-corrected chi connectivity index (χ1v) is 36.0. The molecule has 1 aliphatic carbocycles. The molecule has 0 amide bonds. The number of hydrogen-bond acceptors (Lipinski definition) is 6. The van der Waals surface area contributed by atoms with Crippen LogP contribution in [-0.2, 0) is 6.42 Å². The highest BCUT2D eigenvalue weighted by Crippen LogP contribution is 2.45. The van der Waals surface area contributed by atoms with Crippen LogP contribution in [0.1, 0.15) is 22.7 Å². The summed E-state index contributed by atoms with van der Waals surface area (Å²) in [7, 11) is 0. The van der Waals surface area contributed by atoms with E-state index in [0.717, 1.165) is 118 Å². The van der Waals surface area contributed by atoms with Crippen LogP contribution in [0.3, 0.4) is 0 Å². The average molecular weight is 1360 g/mol. The Bertz CT molecular complexity index is 6780. The van der Waals surface area contributed by atoms with E-state index in [4.69, 9.17) is 29.9 Å². The van der Waals surface area contributed by atoms with Crippen molar-refractivity contribution < 1.29 is 0 Å². The second kappa shape index (κ2) is 24.8. The van der Waals surface area contributed by atoms with Crippen molar-refractivity contribution in [1.29, 1.82) is 0 Å². The molecule has 496 valence electrons. The van der Waals surface area contributed by atoms with Crippen molar-refractivity contribution in [2.75, 3.05) is 0 Å². The van der Waals surface area contributed by atoms with E-state index in [-0.39, 0.29) is 5.92 Å². The number of nitrogens with zero attached hydrogens (tertiary/aromatic N) is 10. The first-order chi connectivity index (χ1) is 52.5. The van der Waals surface area contributed by atoms with Crippen molar-refractivity contribution in [3.05, 3.63) is 369 Å². The summed E-state index contributed by atoms with van der Waals surface area (Å²) in [5.74, 6) is 3.78. The number of aromatic nitrogens is 10. The maximum atomic E-state index is 5.22. The highest BCUT2D eigenvalue weighted by molar-refractivity contribution is 6.15. The molecule has 14 aromatic carbocycles. The minimum absolute atomic E-state index is 0.103. The Kier molecular flexibility index (Phi) is 14.2. The van der Waals surface area contributed by atoms with Crippen LogP contribution in [0.2, 0.25) is 0 Å². The van der Waals surface area contributed by atoms with Gasteiger partial charge in [-0.15, -0.1) is 0 Å². The van der Waals surface area contributed by atoms with Gasteiger partial charge in [0.05, 0.1) is 44.3 Å². The Balaban J connectivity index is 0.698. The number of allylic oxidation sites excluding steroid dienone is 1. The smallest absolute Gasteiger partial charge is 0.238 e. The molecular formula is C96H62N10. The Morgan fingerprint density at radius 1 is 0.226 bits per heavy atom. The van der Waals surface area contributed by atoms with E-state index in [2.05, 4.69) is 303 Å². The molecule has 0 spiro atoms. The van der Waals surface area contributed by atoms with Crippen molar-refractivity contribution in [2.45, 2.75) is 12.3 Å². The molecule has 6 heterocycles. The molecule has 20 aromatic rings. The van der Waals surface area contributed by atoms with Gasteiger partial charge in [-0.2, -0.15) is 9.97 Å². The van der Waals surface area contributed by atoms with Crippen LogP contribution in [0, 0.1) is 0 Å². The standard InChI is InChI=1S/C96H62N10/c1-7-24-61(25-8-1)91-97-92(62-26-9-2-10-27-62)99-95(98-91)71-32-23-37-74(54-71)105-87-52-46-67(65-44-50-85-79(55-65)75-38-19-21-40-83(75)103(85)72-33-15-5-16-34-72)58-82(87)78-49-43-70(60-90(78)105)69-42-48-77-81-57-66(45-51-86(81)104(89(77)59-69)73-35-17-6-18-36-73)68-47-53-88-80(56-68)76-39-20-22-41-84(76)106(88)96-101-93(63-28-11-3-12-29-63)100-94(102-96)64-30-13-4-14-31-64/h1-55,57-60,68H,56H2. The van der Waals surface area contributed by atoms with Crippen molar-refractivity contribution in [3.8, 4) is 102 Å². The van der Waals surface area contributed by atoms with Gasteiger partial charge in [-0.1, -0.05) is 255 Å². The summed E-state index contributed by atoms with van der Waals surface area (Å²) in [6, 6.07) is 123. The molecule has 0 N–H and O–H groups in total. The third kappa shape index (κ3) is 10.2. The second-order valence-electron chi connectivity index (χ2n) is 27.4. The van der Waals surface area contributed by atoms with Crippen LogP contribution in [0.5, 0.6) is 0 Å². The van der Waals surface area contributed by atoms with E-state index >= 15 is 0 Å². The maximum absolute atomic E-state index is 5.22. The van der Waals surface area contributed by atoms with E-state index in [1.165, 1.54) is 49.1 Å². The van der Waals surface area contributed by atoms with Crippen LogP contribution in [-0.4, -0.2) is 48.2 Å². The minimum atomic E-state index is 0.103. The van der Waals surface area contributed by atoms with Gasteiger partial charge < -0.3 is 13.7 Å². The van der Waals surface area contributed by atoms with E-state index in [9.17, 15) is 0 Å². The monoisotopic (exact) mass is 1350 g/mol. The lowest BCUT2D eigenvalue weighted by molar-refractivity contribution is 0.820. The zero-order chi connectivity index (χ0) is 69.8. The summed E-state index contributed by atoms with van der Waals surface area (Å²) in [5.41, 5.74) is 23.8. The van der Waals surface area contributed by atoms with Crippen LogP contribution in [0.15, 0.2) is 352 Å². The molecule has 10 heteroatoms. The largest absolute Gasteiger partial charge is 0.309 e. The Hall–Kier alpha value is -14.2. The Labute approximate surface area is 610 Å². The lowest BCUT2D eigenvalue weighted by atomic mass is 9.86. The number of hydrogen-bond donors (Lipinski definition) is 0.